The Balaban J connectivity index is 4.34. The van der Waals surface area contributed by atoms with E-state index < -0.39 is 18.0 Å². The van der Waals surface area contributed by atoms with Gasteiger partial charge in [0.15, 0.2) is 6.10 Å². The Labute approximate surface area is 121 Å². The zero-order chi connectivity index (χ0) is 15.6. The Morgan fingerprint density at radius 2 is 1.80 bits per heavy atom. The number of rotatable bonds is 9. The standard InChI is InChI=1S/C15H25NO4/c1-5-6-7-8-9-10-15(19)20-13(11-14(17)18)12-16(2,3)4/h6-9,13H,5,10-12H2,1-4H3/p+1/b7-6+,9-8+. The number of carbonyl (C=O) groups excluding carboxylic acids is 1. The van der Waals surface area contributed by atoms with Crippen LogP contribution in [0.4, 0.5) is 0 Å². The summed E-state index contributed by atoms with van der Waals surface area (Å²) in [7, 11) is 5.79. The number of nitrogens with zero attached hydrogens (tertiary/aromatic N) is 1. The number of carboxylic acids is 1. The fourth-order valence-corrected chi connectivity index (χ4v) is 1.64. The van der Waals surface area contributed by atoms with Gasteiger partial charge in [-0.15, -0.1) is 0 Å². The van der Waals surface area contributed by atoms with Crippen LogP contribution >= 0.6 is 0 Å². The lowest BCUT2D eigenvalue weighted by atomic mass is 10.2. The first-order valence-electron chi connectivity index (χ1n) is 6.78. The first-order valence-corrected chi connectivity index (χ1v) is 6.78. The third-order valence-corrected chi connectivity index (χ3v) is 2.36. The van der Waals surface area contributed by atoms with Crippen LogP contribution in [-0.4, -0.2) is 55.3 Å². The van der Waals surface area contributed by atoms with E-state index in [4.69, 9.17) is 9.84 Å². The zero-order valence-corrected chi connectivity index (χ0v) is 12.8. The quantitative estimate of drug-likeness (QED) is 0.399. The molecule has 0 aliphatic heterocycles. The van der Waals surface area contributed by atoms with Crippen LogP contribution in [0.25, 0.3) is 0 Å². The monoisotopic (exact) mass is 284 g/mol. The molecular formula is C15H26NO4+. The average molecular weight is 284 g/mol. The Morgan fingerprint density at radius 1 is 1.20 bits per heavy atom. The van der Waals surface area contributed by atoms with Crippen molar-refractivity contribution < 1.29 is 23.9 Å². The Bertz CT molecular complexity index is 367. The van der Waals surface area contributed by atoms with E-state index >= 15 is 0 Å². The van der Waals surface area contributed by atoms with E-state index in [0.29, 0.717) is 11.0 Å². The summed E-state index contributed by atoms with van der Waals surface area (Å²) in [5.74, 6) is -1.36. The number of hydrogen-bond donors (Lipinski definition) is 1. The number of esters is 1. The third-order valence-electron chi connectivity index (χ3n) is 2.36. The van der Waals surface area contributed by atoms with Crippen molar-refractivity contribution in [3.8, 4) is 0 Å². The largest absolute Gasteiger partial charge is 0.481 e. The van der Waals surface area contributed by atoms with Crippen LogP contribution in [-0.2, 0) is 14.3 Å². The minimum atomic E-state index is -0.960. The highest BCUT2D eigenvalue weighted by Crippen LogP contribution is 2.06. The maximum atomic E-state index is 11.7. The molecule has 0 aliphatic carbocycles. The summed E-state index contributed by atoms with van der Waals surface area (Å²) in [5, 5.41) is 8.85. The van der Waals surface area contributed by atoms with Crippen LogP contribution < -0.4 is 0 Å². The number of quaternary nitrogens is 1. The summed E-state index contributed by atoms with van der Waals surface area (Å²) >= 11 is 0. The number of aliphatic carboxylic acids is 1. The molecule has 0 heterocycles. The van der Waals surface area contributed by atoms with Crippen molar-refractivity contribution in [2.45, 2.75) is 32.3 Å². The van der Waals surface area contributed by atoms with Gasteiger partial charge < -0.3 is 14.3 Å². The lowest BCUT2D eigenvalue weighted by Gasteiger charge is -2.28. The van der Waals surface area contributed by atoms with Crippen LogP contribution in [0.3, 0.4) is 0 Å². The molecule has 0 rings (SSSR count). The van der Waals surface area contributed by atoms with Gasteiger partial charge in [-0.1, -0.05) is 31.2 Å². The van der Waals surface area contributed by atoms with Crippen molar-refractivity contribution in [3.63, 3.8) is 0 Å². The first kappa shape index (κ1) is 18.4. The molecule has 1 N–H and O–H groups in total. The SMILES string of the molecule is CC/C=C/C=C/CC(=O)OC(CC(=O)O)C[N+](C)(C)C. The molecule has 1 unspecified atom stereocenters. The molecule has 0 fully saturated rings. The molecule has 0 radical (unpaired) electrons. The second-order valence-corrected chi connectivity index (χ2v) is 5.65. The minimum absolute atomic E-state index is 0.154. The molecule has 0 amide bonds. The first-order chi connectivity index (χ1) is 9.24. The van der Waals surface area contributed by atoms with E-state index in [-0.39, 0.29) is 12.8 Å². The van der Waals surface area contributed by atoms with Gasteiger partial charge in [-0.05, 0) is 6.42 Å². The van der Waals surface area contributed by atoms with E-state index in [1.165, 1.54) is 0 Å². The third kappa shape index (κ3) is 11.5. The van der Waals surface area contributed by atoms with Gasteiger partial charge in [0.25, 0.3) is 0 Å². The maximum absolute atomic E-state index is 11.7. The highest BCUT2D eigenvalue weighted by molar-refractivity contribution is 5.72. The number of allylic oxidation sites excluding steroid dienone is 3. The van der Waals surface area contributed by atoms with Gasteiger partial charge in [-0.25, -0.2) is 0 Å². The van der Waals surface area contributed by atoms with Crippen LogP contribution in [0, 0.1) is 0 Å². The molecule has 0 bridgehead atoms. The predicted molar refractivity (Wildman–Crippen MR) is 78.2 cm³/mol. The molecule has 0 aromatic carbocycles. The summed E-state index contributed by atoms with van der Waals surface area (Å²) < 4.78 is 5.78. The molecule has 0 aromatic rings. The molecule has 0 saturated carbocycles. The van der Waals surface area contributed by atoms with Crippen molar-refractivity contribution in [3.05, 3.63) is 24.3 Å². The molecule has 0 spiro atoms. The van der Waals surface area contributed by atoms with Gasteiger partial charge in [0.1, 0.15) is 6.54 Å². The van der Waals surface area contributed by atoms with Crippen molar-refractivity contribution in [1.82, 2.24) is 0 Å². The number of carboxylic acid groups (broad SMARTS) is 1. The molecule has 1 atom stereocenters. The maximum Gasteiger partial charge on any atom is 0.310 e. The van der Waals surface area contributed by atoms with Crippen LogP contribution in [0.5, 0.6) is 0 Å². The molecule has 0 aromatic heterocycles. The second kappa shape index (κ2) is 9.31. The molecule has 0 aliphatic rings. The lowest BCUT2D eigenvalue weighted by molar-refractivity contribution is -0.873. The van der Waals surface area contributed by atoms with E-state index in [0.717, 1.165) is 6.42 Å². The zero-order valence-electron chi connectivity index (χ0n) is 12.8. The van der Waals surface area contributed by atoms with Gasteiger partial charge in [-0.2, -0.15) is 0 Å². The van der Waals surface area contributed by atoms with Crippen molar-refractivity contribution >= 4 is 11.9 Å². The molecule has 20 heavy (non-hydrogen) atoms. The molecule has 5 heteroatoms. The summed E-state index contributed by atoms with van der Waals surface area (Å²) in [5.41, 5.74) is 0. The topological polar surface area (TPSA) is 63.6 Å². The van der Waals surface area contributed by atoms with Gasteiger partial charge in [0.2, 0.25) is 0 Å². The highest BCUT2D eigenvalue weighted by atomic mass is 16.5. The highest BCUT2D eigenvalue weighted by Gasteiger charge is 2.24. The van der Waals surface area contributed by atoms with E-state index in [9.17, 15) is 9.59 Å². The summed E-state index contributed by atoms with van der Waals surface area (Å²) in [6.07, 6.45) is 7.68. The number of likely N-dealkylation sites (N-methyl/N-ethyl adjacent to an activating group) is 1. The Hall–Kier alpha value is -1.62. The van der Waals surface area contributed by atoms with Gasteiger partial charge >= 0.3 is 11.9 Å². The summed E-state index contributed by atoms with van der Waals surface area (Å²) in [4.78, 5) is 22.4. The van der Waals surface area contributed by atoms with Gasteiger partial charge in [0, 0.05) is 0 Å². The number of carbonyl (C=O) groups is 2. The lowest BCUT2D eigenvalue weighted by Crippen LogP contribution is -2.43. The number of hydrogen-bond acceptors (Lipinski definition) is 3. The minimum Gasteiger partial charge on any atom is -0.481 e. The van der Waals surface area contributed by atoms with Crippen molar-refractivity contribution in [2.75, 3.05) is 27.7 Å². The van der Waals surface area contributed by atoms with E-state index in [1.807, 2.05) is 40.2 Å². The Kier molecular flexibility index (Phi) is 8.56. The van der Waals surface area contributed by atoms with Gasteiger partial charge in [-0.3, -0.25) is 9.59 Å². The predicted octanol–water partition coefficient (Wildman–Crippen LogP) is 1.99. The fraction of sp³-hybridized carbons (Fsp3) is 0.600. The normalized spacial score (nSPS) is 13.8. The van der Waals surface area contributed by atoms with Gasteiger partial charge in [0.05, 0.1) is 34.0 Å². The summed E-state index contributed by atoms with van der Waals surface area (Å²) in [6, 6.07) is 0. The molecular weight excluding hydrogens is 258 g/mol. The molecule has 114 valence electrons. The smallest absolute Gasteiger partial charge is 0.310 e. The fourth-order valence-electron chi connectivity index (χ4n) is 1.64. The Morgan fingerprint density at radius 3 is 2.30 bits per heavy atom. The summed E-state index contributed by atoms with van der Waals surface area (Å²) in [6.45, 7) is 2.50. The molecule has 5 nitrogen and oxygen atoms in total. The average Bonchev–Trinajstić information content (AvgIpc) is 2.25. The van der Waals surface area contributed by atoms with Crippen molar-refractivity contribution in [1.29, 1.82) is 0 Å². The van der Waals surface area contributed by atoms with Crippen LogP contribution in [0.1, 0.15) is 26.2 Å². The van der Waals surface area contributed by atoms with E-state index in [2.05, 4.69) is 0 Å². The van der Waals surface area contributed by atoms with Crippen LogP contribution in [0.15, 0.2) is 24.3 Å². The number of ether oxygens (including phenoxy) is 1. The van der Waals surface area contributed by atoms with E-state index in [1.54, 1.807) is 12.2 Å². The van der Waals surface area contributed by atoms with Crippen molar-refractivity contribution in [2.24, 2.45) is 0 Å². The second-order valence-electron chi connectivity index (χ2n) is 5.65. The molecule has 0 saturated heterocycles. The van der Waals surface area contributed by atoms with Crippen LogP contribution in [0.2, 0.25) is 0 Å².